The summed E-state index contributed by atoms with van der Waals surface area (Å²) in [5.74, 6) is 0.150. The Morgan fingerprint density at radius 3 is 2.78 bits per heavy atom. The van der Waals surface area contributed by atoms with Crippen LogP contribution in [0.1, 0.15) is 23.9 Å². The molecule has 0 atom stereocenters. The SMILES string of the molecule is C=CC(=O)Nc1c(=O)c2cnc(N3CCCN(C)CC3)nc2n2c(/C=C\C)c(C=C)sc12. The normalized spacial score (nSPS) is 15.4. The summed E-state index contributed by atoms with van der Waals surface area (Å²) < 4.78 is 1.91. The van der Waals surface area contributed by atoms with Crippen LogP contribution in [0.5, 0.6) is 0 Å². The van der Waals surface area contributed by atoms with Gasteiger partial charge in [0.15, 0.2) is 5.65 Å². The summed E-state index contributed by atoms with van der Waals surface area (Å²) in [6.45, 7) is 13.0. The van der Waals surface area contributed by atoms with Crippen LogP contribution in [0.25, 0.3) is 28.0 Å². The molecule has 0 unspecified atom stereocenters. The molecule has 0 aromatic carbocycles. The molecule has 1 N–H and O–H groups in total. The van der Waals surface area contributed by atoms with Crippen LogP contribution in [0, 0.1) is 0 Å². The van der Waals surface area contributed by atoms with E-state index < -0.39 is 5.91 Å². The molecule has 0 aliphatic carbocycles. The zero-order chi connectivity index (χ0) is 22.8. The lowest BCUT2D eigenvalue weighted by Gasteiger charge is -2.20. The highest BCUT2D eigenvalue weighted by Gasteiger charge is 2.22. The van der Waals surface area contributed by atoms with Gasteiger partial charge in [0.25, 0.3) is 0 Å². The van der Waals surface area contributed by atoms with Gasteiger partial charge in [0.1, 0.15) is 10.5 Å². The van der Waals surface area contributed by atoms with Crippen LogP contribution in [-0.2, 0) is 4.79 Å². The molecule has 3 aromatic heterocycles. The predicted octanol–water partition coefficient (Wildman–Crippen LogP) is 3.25. The summed E-state index contributed by atoms with van der Waals surface area (Å²) in [7, 11) is 2.11. The Hall–Kier alpha value is -3.30. The van der Waals surface area contributed by atoms with Gasteiger partial charge in [0, 0.05) is 25.8 Å². The molecule has 1 aliphatic heterocycles. The number of thiazole rings is 1. The van der Waals surface area contributed by atoms with Gasteiger partial charge in [-0.1, -0.05) is 19.2 Å². The first-order valence-corrected chi connectivity index (χ1v) is 11.3. The Morgan fingerprint density at radius 2 is 2.06 bits per heavy atom. The Labute approximate surface area is 190 Å². The minimum absolute atomic E-state index is 0.194. The molecule has 8 nitrogen and oxygen atoms in total. The molecule has 0 radical (unpaired) electrons. The number of fused-ring (bicyclic) bond motifs is 3. The third-order valence-corrected chi connectivity index (χ3v) is 6.68. The average Bonchev–Trinajstić information content (AvgIpc) is 3.02. The minimum atomic E-state index is -0.448. The summed E-state index contributed by atoms with van der Waals surface area (Å²) in [5, 5.41) is 3.03. The predicted molar refractivity (Wildman–Crippen MR) is 133 cm³/mol. The minimum Gasteiger partial charge on any atom is -0.339 e. The second-order valence-corrected chi connectivity index (χ2v) is 8.68. The number of nitrogens with one attached hydrogen (secondary N) is 1. The second-order valence-electron chi connectivity index (χ2n) is 7.64. The quantitative estimate of drug-likeness (QED) is 0.601. The fourth-order valence-corrected chi connectivity index (χ4v) is 4.94. The zero-order valence-electron chi connectivity index (χ0n) is 18.3. The maximum atomic E-state index is 13.3. The van der Waals surface area contributed by atoms with Crippen molar-refractivity contribution in [3.05, 3.63) is 52.3 Å². The van der Waals surface area contributed by atoms with Crippen molar-refractivity contribution in [1.82, 2.24) is 19.3 Å². The van der Waals surface area contributed by atoms with Gasteiger partial charge < -0.3 is 15.1 Å². The van der Waals surface area contributed by atoms with E-state index in [0.717, 1.165) is 49.2 Å². The Bertz CT molecular complexity index is 1310. The summed E-state index contributed by atoms with van der Waals surface area (Å²) in [6.07, 6.45) is 9.34. The lowest BCUT2D eigenvalue weighted by atomic mass is 10.2. The molecule has 1 aliphatic rings. The van der Waals surface area contributed by atoms with E-state index in [1.807, 2.05) is 23.5 Å². The topological polar surface area (TPSA) is 82.8 Å². The molecular formula is C23H26N6O2S. The van der Waals surface area contributed by atoms with Gasteiger partial charge in [-0.15, -0.1) is 11.3 Å². The number of hydrogen-bond acceptors (Lipinski definition) is 7. The summed E-state index contributed by atoms with van der Waals surface area (Å²) in [4.78, 5) is 40.7. The number of likely N-dealkylation sites (N-methyl/N-ethyl adjacent to an activating group) is 1. The van der Waals surface area contributed by atoms with Crippen LogP contribution >= 0.6 is 11.3 Å². The molecular weight excluding hydrogens is 424 g/mol. The highest BCUT2D eigenvalue weighted by atomic mass is 32.1. The number of aromatic nitrogens is 3. The highest BCUT2D eigenvalue weighted by Crippen LogP contribution is 2.32. The van der Waals surface area contributed by atoms with Crippen molar-refractivity contribution in [3.63, 3.8) is 0 Å². The Balaban J connectivity index is 2.02. The van der Waals surface area contributed by atoms with Gasteiger partial charge >= 0.3 is 0 Å². The van der Waals surface area contributed by atoms with Crippen molar-refractivity contribution in [2.24, 2.45) is 0 Å². The molecule has 4 heterocycles. The van der Waals surface area contributed by atoms with Crippen LogP contribution in [-0.4, -0.2) is 58.4 Å². The molecule has 4 rings (SSSR count). The lowest BCUT2D eigenvalue weighted by molar-refractivity contribution is -0.111. The van der Waals surface area contributed by atoms with Crippen molar-refractivity contribution >= 4 is 56.9 Å². The standard InChI is InChI=1S/C23H26N6O2S/c1-5-9-16-17(6-2)32-22-19(25-18(30)7-3)20(31)15-14-24-23(26-21(15)29(16)22)28-11-8-10-27(4)12-13-28/h5-7,9,14H,2-3,8,10-13H2,1,4H3,(H,25,30)/b9-5-. The first-order valence-electron chi connectivity index (χ1n) is 10.5. The number of rotatable bonds is 5. The number of amides is 1. The van der Waals surface area contributed by atoms with E-state index in [1.54, 1.807) is 12.3 Å². The van der Waals surface area contributed by atoms with Crippen LogP contribution < -0.4 is 15.6 Å². The van der Waals surface area contributed by atoms with Gasteiger partial charge in [-0.25, -0.2) is 4.98 Å². The van der Waals surface area contributed by atoms with Crippen LogP contribution in [0.4, 0.5) is 11.6 Å². The molecule has 1 fully saturated rings. The number of hydrogen-bond donors (Lipinski definition) is 1. The highest BCUT2D eigenvalue weighted by molar-refractivity contribution is 7.19. The molecule has 0 saturated carbocycles. The van der Waals surface area contributed by atoms with E-state index in [0.29, 0.717) is 21.8 Å². The van der Waals surface area contributed by atoms with E-state index in [1.165, 1.54) is 11.3 Å². The van der Waals surface area contributed by atoms with Crippen LogP contribution in [0.15, 0.2) is 36.3 Å². The van der Waals surface area contributed by atoms with Gasteiger partial charge in [-0.05, 0) is 45.2 Å². The lowest BCUT2D eigenvalue weighted by Crippen LogP contribution is -2.30. The number of pyridine rings is 1. The fraction of sp³-hybridized carbons (Fsp3) is 0.304. The zero-order valence-corrected chi connectivity index (χ0v) is 19.1. The molecule has 9 heteroatoms. The molecule has 1 amide bonds. The van der Waals surface area contributed by atoms with Crippen molar-refractivity contribution in [2.45, 2.75) is 13.3 Å². The molecule has 32 heavy (non-hydrogen) atoms. The van der Waals surface area contributed by atoms with Gasteiger partial charge in [0.05, 0.1) is 16.0 Å². The van der Waals surface area contributed by atoms with Gasteiger partial charge in [0.2, 0.25) is 17.3 Å². The molecule has 0 bridgehead atoms. The van der Waals surface area contributed by atoms with Crippen molar-refractivity contribution in [3.8, 4) is 0 Å². The second kappa shape index (κ2) is 9.05. The smallest absolute Gasteiger partial charge is 0.247 e. The van der Waals surface area contributed by atoms with Crippen molar-refractivity contribution in [2.75, 3.05) is 43.4 Å². The molecule has 3 aromatic rings. The summed E-state index contributed by atoms with van der Waals surface area (Å²) in [6, 6.07) is 0. The van der Waals surface area contributed by atoms with Crippen molar-refractivity contribution in [1.29, 1.82) is 0 Å². The number of carbonyl (C=O) groups excluding carboxylic acids is 1. The Morgan fingerprint density at radius 1 is 1.25 bits per heavy atom. The first kappa shape index (κ1) is 21.9. The average molecular weight is 451 g/mol. The monoisotopic (exact) mass is 450 g/mol. The largest absolute Gasteiger partial charge is 0.339 e. The molecule has 166 valence electrons. The summed E-state index contributed by atoms with van der Waals surface area (Å²) >= 11 is 1.38. The number of nitrogens with zero attached hydrogens (tertiary/aromatic N) is 5. The maximum absolute atomic E-state index is 13.3. The van der Waals surface area contributed by atoms with Gasteiger partial charge in [-0.3, -0.25) is 14.0 Å². The van der Waals surface area contributed by atoms with E-state index in [2.05, 4.69) is 40.3 Å². The number of anilines is 2. The van der Waals surface area contributed by atoms with E-state index in [4.69, 9.17) is 4.98 Å². The third kappa shape index (κ3) is 3.85. The summed E-state index contributed by atoms with van der Waals surface area (Å²) in [5.41, 5.74) is 1.24. The van der Waals surface area contributed by atoms with Crippen LogP contribution in [0.2, 0.25) is 0 Å². The van der Waals surface area contributed by atoms with Gasteiger partial charge in [-0.2, -0.15) is 4.98 Å². The molecule has 0 spiro atoms. The van der Waals surface area contributed by atoms with Crippen LogP contribution in [0.3, 0.4) is 0 Å². The first-order chi connectivity index (χ1) is 15.5. The number of carbonyl (C=O) groups is 1. The van der Waals surface area contributed by atoms with E-state index in [9.17, 15) is 9.59 Å². The van der Waals surface area contributed by atoms with E-state index in [-0.39, 0.29) is 11.1 Å². The van der Waals surface area contributed by atoms with Crippen molar-refractivity contribution < 1.29 is 4.79 Å². The molecule has 1 saturated heterocycles. The number of allylic oxidation sites excluding steroid dienone is 1. The maximum Gasteiger partial charge on any atom is 0.247 e. The fourth-order valence-electron chi connectivity index (χ4n) is 3.87. The Kier molecular flexibility index (Phi) is 6.20. The third-order valence-electron chi connectivity index (χ3n) is 5.50. The van der Waals surface area contributed by atoms with E-state index >= 15 is 0 Å².